The van der Waals surface area contributed by atoms with Gasteiger partial charge in [0.1, 0.15) is 0 Å². The second-order valence-corrected chi connectivity index (χ2v) is 12.7. The molecule has 0 aliphatic rings. The zero-order chi connectivity index (χ0) is 17.6. The Hall–Kier alpha value is -1.37. The molecule has 126 valence electrons. The lowest BCUT2D eigenvalue weighted by atomic mass is 9.77. The van der Waals surface area contributed by atoms with Crippen LogP contribution in [0.1, 0.15) is 39.2 Å². The van der Waals surface area contributed by atoms with Crippen LogP contribution in [0.2, 0.25) is 18.1 Å². The molecule has 0 bridgehead atoms. The Labute approximate surface area is 143 Å². The minimum absolute atomic E-state index is 0.195. The van der Waals surface area contributed by atoms with Crippen molar-refractivity contribution in [2.45, 2.75) is 58.2 Å². The van der Waals surface area contributed by atoms with Crippen molar-refractivity contribution < 1.29 is 4.43 Å². The third-order valence-corrected chi connectivity index (χ3v) is 9.55. The Morgan fingerprint density at radius 1 is 1.22 bits per heavy atom. The zero-order valence-electron chi connectivity index (χ0n) is 15.4. The van der Waals surface area contributed by atoms with Crippen molar-refractivity contribution in [3.63, 3.8) is 0 Å². The van der Waals surface area contributed by atoms with E-state index in [1.807, 2.05) is 24.3 Å². The van der Waals surface area contributed by atoms with E-state index in [0.29, 0.717) is 13.0 Å². The molecule has 1 rings (SSSR count). The van der Waals surface area contributed by atoms with Crippen LogP contribution in [0.15, 0.2) is 43.0 Å². The topological polar surface area (TPSA) is 33.0 Å². The zero-order valence-corrected chi connectivity index (χ0v) is 16.4. The normalized spacial score (nSPS) is 14.8. The smallest absolute Gasteiger partial charge is 0.191 e. The van der Waals surface area contributed by atoms with Crippen molar-refractivity contribution in [3.8, 4) is 6.07 Å². The fourth-order valence-electron chi connectivity index (χ4n) is 2.38. The molecule has 0 N–H and O–H groups in total. The van der Waals surface area contributed by atoms with Gasteiger partial charge in [-0.2, -0.15) is 5.26 Å². The van der Waals surface area contributed by atoms with Gasteiger partial charge in [0.05, 0.1) is 11.5 Å². The first-order valence-corrected chi connectivity index (χ1v) is 11.3. The maximum Gasteiger partial charge on any atom is 0.191 e. The lowest BCUT2D eigenvalue weighted by Gasteiger charge is -2.37. The Morgan fingerprint density at radius 2 is 1.83 bits per heavy atom. The Morgan fingerprint density at radius 3 is 2.30 bits per heavy atom. The third-order valence-electron chi connectivity index (χ3n) is 5.01. The number of rotatable bonds is 8. The van der Waals surface area contributed by atoms with E-state index in [0.717, 1.165) is 12.8 Å². The summed E-state index contributed by atoms with van der Waals surface area (Å²) < 4.78 is 6.29. The summed E-state index contributed by atoms with van der Waals surface area (Å²) in [5.41, 5.74) is 0.772. The minimum atomic E-state index is -1.77. The largest absolute Gasteiger partial charge is 0.417 e. The van der Waals surface area contributed by atoms with Crippen LogP contribution in [-0.2, 0) is 10.8 Å². The maximum atomic E-state index is 9.82. The fourth-order valence-corrected chi connectivity index (χ4v) is 3.43. The molecule has 0 fully saturated rings. The molecule has 0 aliphatic carbocycles. The molecule has 1 aromatic carbocycles. The average Bonchev–Trinajstić information content (AvgIpc) is 2.47. The van der Waals surface area contributed by atoms with Crippen LogP contribution in [0.4, 0.5) is 0 Å². The molecule has 0 aliphatic heterocycles. The van der Waals surface area contributed by atoms with Crippen LogP contribution >= 0.6 is 0 Å². The number of benzene rings is 1. The quantitative estimate of drug-likeness (QED) is 0.451. The number of nitriles is 1. The molecule has 0 radical (unpaired) electrons. The average molecular weight is 330 g/mol. The van der Waals surface area contributed by atoms with Crippen molar-refractivity contribution in [2.24, 2.45) is 5.41 Å². The van der Waals surface area contributed by atoms with E-state index in [-0.39, 0.29) is 5.04 Å². The van der Waals surface area contributed by atoms with Crippen LogP contribution in [0.25, 0.3) is 0 Å². The van der Waals surface area contributed by atoms with Crippen molar-refractivity contribution in [2.75, 3.05) is 6.61 Å². The molecule has 23 heavy (non-hydrogen) atoms. The second kappa shape index (κ2) is 7.94. The molecule has 0 spiro atoms. The van der Waals surface area contributed by atoms with Gasteiger partial charge in [-0.25, -0.2) is 0 Å². The van der Waals surface area contributed by atoms with Crippen LogP contribution in [0, 0.1) is 16.7 Å². The minimum Gasteiger partial charge on any atom is -0.417 e. The molecule has 0 aromatic heterocycles. The molecule has 1 atom stereocenters. The van der Waals surface area contributed by atoms with Gasteiger partial charge in [0.15, 0.2) is 8.32 Å². The monoisotopic (exact) mass is 329 g/mol. The highest BCUT2D eigenvalue weighted by Crippen LogP contribution is 2.38. The second-order valence-electron chi connectivity index (χ2n) is 7.91. The molecule has 3 heteroatoms. The van der Waals surface area contributed by atoms with E-state index in [1.165, 1.54) is 5.56 Å². The van der Waals surface area contributed by atoms with Gasteiger partial charge in [-0.1, -0.05) is 57.2 Å². The standard InChI is InChI=1S/C20H31NOSi/c1-7-13-20(17-21,16-18-11-9-8-10-12-18)14-15-22-23(5,6)19(2,3)4/h7-12H,1,13-16H2,2-6H3. The summed E-state index contributed by atoms with van der Waals surface area (Å²) in [6.45, 7) is 15.7. The predicted octanol–water partition coefficient (Wildman–Crippen LogP) is 5.73. The summed E-state index contributed by atoms with van der Waals surface area (Å²) >= 11 is 0. The highest BCUT2D eigenvalue weighted by atomic mass is 28.4. The number of hydrogen-bond acceptors (Lipinski definition) is 2. The van der Waals surface area contributed by atoms with Crippen molar-refractivity contribution in [1.29, 1.82) is 5.26 Å². The van der Waals surface area contributed by atoms with Crippen LogP contribution < -0.4 is 0 Å². The SMILES string of the molecule is C=CCC(C#N)(CCO[Si](C)(C)C(C)(C)C)Cc1ccccc1. The molecule has 1 unspecified atom stereocenters. The molecule has 2 nitrogen and oxygen atoms in total. The number of hydrogen-bond donors (Lipinski definition) is 0. The lowest BCUT2D eigenvalue weighted by molar-refractivity contribution is 0.224. The first kappa shape index (κ1) is 19.7. The number of allylic oxidation sites excluding steroid dienone is 1. The van der Waals surface area contributed by atoms with Gasteiger partial charge in [0, 0.05) is 6.61 Å². The molecule has 1 aromatic rings. The van der Waals surface area contributed by atoms with Gasteiger partial charge < -0.3 is 4.43 Å². The lowest BCUT2D eigenvalue weighted by Crippen LogP contribution is -2.41. The van der Waals surface area contributed by atoms with Gasteiger partial charge in [-0.3, -0.25) is 0 Å². The molecule has 0 heterocycles. The first-order chi connectivity index (χ1) is 10.7. The van der Waals surface area contributed by atoms with Gasteiger partial charge >= 0.3 is 0 Å². The predicted molar refractivity (Wildman–Crippen MR) is 101 cm³/mol. The van der Waals surface area contributed by atoms with Gasteiger partial charge in [-0.15, -0.1) is 6.58 Å². The Kier molecular flexibility index (Phi) is 6.79. The Bertz CT molecular complexity index is 539. The summed E-state index contributed by atoms with van der Waals surface area (Å²) in [6, 6.07) is 12.8. The summed E-state index contributed by atoms with van der Waals surface area (Å²) in [6.07, 6.45) is 4.05. The fraction of sp³-hybridized carbons (Fsp3) is 0.550. The van der Waals surface area contributed by atoms with Crippen LogP contribution in [-0.4, -0.2) is 14.9 Å². The summed E-state index contributed by atoms with van der Waals surface area (Å²) in [7, 11) is -1.77. The molecule has 0 saturated heterocycles. The van der Waals surface area contributed by atoms with E-state index in [2.05, 4.69) is 58.6 Å². The number of nitrogens with zero attached hydrogens (tertiary/aromatic N) is 1. The Balaban J connectivity index is 2.80. The highest BCUT2D eigenvalue weighted by molar-refractivity contribution is 6.74. The summed E-state index contributed by atoms with van der Waals surface area (Å²) in [5, 5.41) is 10.0. The summed E-state index contributed by atoms with van der Waals surface area (Å²) in [5.74, 6) is 0. The molecule has 0 amide bonds. The van der Waals surface area contributed by atoms with Gasteiger partial charge in [0.2, 0.25) is 0 Å². The molecule has 0 saturated carbocycles. The van der Waals surface area contributed by atoms with E-state index >= 15 is 0 Å². The first-order valence-electron chi connectivity index (χ1n) is 8.36. The van der Waals surface area contributed by atoms with E-state index in [1.54, 1.807) is 0 Å². The highest BCUT2D eigenvalue weighted by Gasteiger charge is 2.38. The van der Waals surface area contributed by atoms with Crippen LogP contribution in [0.5, 0.6) is 0 Å². The third kappa shape index (κ3) is 5.64. The van der Waals surface area contributed by atoms with Crippen molar-refractivity contribution in [1.82, 2.24) is 0 Å². The van der Waals surface area contributed by atoms with Gasteiger partial charge in [0.25, 0.3) is 0 Å². The van der Waals surface area contributed by atoms with Crippen LogP contribution in [0.3, 0.4) is 0 Å². The van der Waals surface area contributed by atoms with E-state index in [4.69, 9.17) is 4.43 Å². The molecular weight excluding hydrogens is 298 g/mol. The molecular formula is C20H31NOSi. The summed E-state index contributed by atoms with van der Waals surface area (Å²) in [4.78, 5) is 0. The van der Waals surface area contributed by atoms with Crippen molar-refractivity contribution in [3.05, 3.63) is 48.6 Å². The van der Waals surface area contributed by atoms with Gasteiger partial charge in [-0.05, 0) is 43.0 Å². The van der Waals surface area contributed by atoms with E-state index in [9.17, 15) is 5.26 Å². The van der Waals surface area contributed by atoms with Crippen molar-refractivity contribution >= 4 is 8.32 Å². The maximum absolute atomic E-state index is 9.82. The van der Waals surface area contributed by atoms with E-state index < -0.39 is 13.7 Å².